The Balaban J connectivity index is 0.000000609. The van der Waals surface area contributed by atoms with E-state index < -0.39 is 19.5 Å². The Morgan fingerprint density at radius 1 is 0.574 bits per heavy atom. The van der Waals surface area contributed by atoms with E-state index in [0.29, 0.717) is 34.4 Å². The standard InChI is InChI=1S/C21H21F4N5O.C20H19Cl2F2N5.CH4.ClH.6H2S/c22-19(23)16-9-18(30-21(28-16)26-11-27-30)15-6-4-13-5-7-17(15)29(13)10-12-2-1-3-14(8-12)31-20(24)25;21-14-5-1-11(7-15(14)22)9-28-12-2-4-13(17(28)6-3-12)18-8-16(19(23)24)27-20-25-10-26-29(18)20;;;;;;;;/h1-3,8-9,11,13,15,17,19-20H,4-7,10H2;1,5,7-8,10,12-13,17,19H,2-4,6,9H2;1H4;1H;6*1H2/t13-,15-,17-;12-,13-,17-;;;;;;;;/m00......../s1. The number of aromatic nitrogens is 8. The van der Waals surface area contributed by atoms with Gasteiger partial charge in [-0.3, -0.25) is 9.80 Å². The number of hydrogen-bond donors (Lipinski definition) is 0. The second kappa shape index (κ2) is 27.6. The van der Waals surface area contributed by atoms with E-state index in [1.54, 1.807) is 21.2 Å². The zero-order chi connectivity index (χ0) is 41.7. The number of nitrogens with zero attached hydrogens (tertiary/aromatic N) is 10. The Morgan fingerprint density at radius 2 is 1.03 bits per heavy atom. The molecule has 0 radical (unpaired) electrons. The normalized spacial score (nSPS) is 21.4. The Morgan fingerprint density at radius 3 is 1.47 bits per heavy atom. The van der Waals surface area contributed by atoms with Crippen molar-refractivity contribution in [3.8, 4) is 5.75 Å². The van der Waals surface area contributed by atoms with Crippen LogP contribution in [0.15, 0.2) is 67.3 Å². The number of fused-ring (bicyclic) bond motifs is 6. The summed E-state index contributed by atoms with van der Waals surface area (Å²) in [4.78, 5) is 20.8. The molecule has 26 heteroatoms. The minimum Gasteiger partial charge on any atom is -0.435 e. The van der Waals surface area contributed by atoms with Crippen LogP contribution in [0.3, 0.4) is 0 Å². The lowest BCUT2D eigenvalue weighted by Crippen LogP contribution is -2.43. The number of piperidine rings is 2. The quantitative estimate of drug-likeness (QED) is 0.124. The molecule has 4 fully saturated rings. The van der Waals surface area contributed by atoms with Gasteiger partial charge in [0.1, 0.15) is 29.8 Å². The largest absolute Gasteiger partial charge is 0.435 e. The van der Waals surface area contributed by atoms with Crippen LogP contribution in [0.5, 0.6) is 5.75 Å². The highest BCUT2D eigenvalue weighted by Crippen LogP contribution is 2.47. The van der Waals surface area contributed by atoms with E-state index in [1.807, 2.05) is 24.3 Å². The van der Waals surface area contributed by atoms with Gasteiger partial charge in [0.25, 0.3) is 24.4 Å². The van der Waals surface area contributed by atoms with Crippen molar-refractivity contribution in [3.05, 3.63) is 111 Å². The monoisotopic (exact) mass is 1130 g/mol. The van der Waals surface area contributed by atoms with Crippen molar-refractivity contribution in [2.75, 3.05) is 0 Å². The van der Waals surface area contributed by atoms with Crippen LogP contribution in [0.25, 0.3) is 11.6 Å². The average Bonchev–Trinajstić information content (AvgIpc) is 4.00. The molecule has 4 bridgehead atoms. The molecule has 4 saturated heterocycles. The molecule has 68 heavy (non-hydrogen) atoms. The molecular weight excluding hydrogens is 1070 g/mol. The molecule has 2 aromatic carbocycles. The average molecular weight is 1130 g/mol. The summed E-state index contributed by atoms with van der Waals surface area (Å²) in [5.41, 5.74) is 2.92. The number of rotatable bonds is 10. The highest BCUT2D eigenvalue weighted by molar-refractivity contribution is 7.60. The molecule has 380 valence electrons. The van der Waals surface area contributed by atoms with Crippen LogP contribution in [0.4, 0.5) is 26.3 Å². The minimum atomic E-state index is -2.87. The van der Waals surface area contributed by atoms with Crippen molar-refractivity contribution in [1.29, 1.82) is 0 Å². The summed E-state index contributed by atoms with van der Waals surface area (Å²) in [6.07, 6.45) is 5.21. The molecule has 8 heterocycles. The molecule has 0 aliphatic carbocycles. The van der Waals surface area contributed by atoms with E-state index in [0.717, 1.165) is 74.7 Å². The molecule has 0 unspecified atom stereocenters. The number of halogens is 9. The fourth-order valence-corrected chi connectivity index (χ4v) is 10.4. The third-order valence-electron chi connectivity index (χ3n) is 12.6. The second-order valence-corrected chi connectivity index (χ2v) is 16.7. The Kier molecular flexibility index (Phi) is 25.9. The third kappa shape index (κ3) is 13.4. The van der Waals surface area contributed by atoms with Gasteiger partial charge < -0.3 is 4.74 Å². The molecule has 10 rings (SSSR count). The Labute approximate surface area is 449 Å². The third-order valence-corrected chi connectivity index (χ3v) is 13.3. The predicted molar refractivity (Wildman–Crippen MR) is 286 cm³/mol. The molecular formula is C42H57Cl3F6N10OS6. The minimum absolute atomic E-state index is 0. The first-order valence-electron chi connectivity index (χ1n) is 20.0. The molecule has 4 aliphatic heterocycles. The molecule has 0 saturated carbocycles. The van der Waals surface area contributed by atoms with E-state index in [2.05, 4.69) is 44.7 Å². The second-order valence-electron chi connectivity index (χ2n) is 15.8. The van der Waals surface area contributed by atoms with Gasteiger partial charge in [0.15, 0.2) is 0 Å². The van der Waals surface area contributed by atoms with Gasteiger partial charge in [0, 0.05) is 49.1 Å². The molecule has 6 aromatic rings. The Bertz CT molecular complexity index is 2510. The lowest BCUT2D eigenvalue weighted by atomic mass is 9.86. The molecule has 0 N–H and O–H groups in total. The topological polar surface area (TPSA) is 102 Å². The zero-order valence-corrected chi connectivity index (χ0v) is 43.8. The molecule has 6 atom stereocenters. The van der Waals surface area contributed by atoms with Crippen LogP contribution in [-0.4, -0.2) is 79.7 Å². The zero-order valence-electron chi connectivity index (χ0n) is 35.4. The van der Waals surface area contributed by atoms with Crippen molar-refractivity contribution in [3.63, 3.8) is 0 Å². The van der Waals surface area contributed by atoms with Gasteiger partial charge >= 0.3 is 6.61 Å². The summed E-state index contributed by atoms with van der Waals surface area (Å²) < 4.78 is 86.5. The first-order chi connectivity index (χ1) is 29.0. The summed E-state index contributed by atoms with van der Waals surface area (Å²) in [5.74, 6) is 0.642. The number of alkyl halides is 6. The van der Waals surface area contributed by atoms with Crippen LogP contribution in [0.1, 0.15) is 117 Å². The van der Waals surface area contributed by atoms with Crippen molar-refractivity contribution in [2.24, 2.45) is 0 Å². The molecule has 4 aromatic heterocycles. The number of hydrogen-bond acceptors (Lipinski definition) is 9. The summed E-state index contributed by atoms with van der Waals surface area (Å²) in [6, 6.07) is 16.7. The molecule has 4 aliphatic rings. The van der Waals surface area contributed by atoms with Crippen LogP contribution in [0.2, 0.25) is 10.0 Å². The smallest absolute Gasteiger partial charge is 0.387 e. The Hall–Kier alpha value is -2.19. The van der Waals surface area contributed by atoms with Crippen LogP contribution >= 0.6 is 117 Å². The highest BCUT2D eigenvalue weighted by Gasteiger charge is 2.45. The molecule has 0 spiro atoms. The summed E-state index contributed by atoms with van der Waals surface area (Å²) in [6.45, 7) is -1.53. The first kappa shape index (κ1) is 63.8. The van der Waals surface area contributed by atoms with E-state index in [-0.39, 0.29) is 153 Å². The van der Waals surface area contributed by atoms with E-state index >= 15 is 0 Å². The first-order valence-corrected chi connectivity index (χ1v) is 20.7. The van der Waals surface area contributed by atoms with Crippen molar-refractivity contribution in [1.82, 2.24) is 49.0 Å². The van der Waals surface area contributed by atoms with Gasteiger partial charge in [-0.25, -0.2) is 36.6 Å². The van der Waals surface area contributed by atoms with Crippen molar-refractivity contribution < 1.29 is 31.1 Å². The van der Waals surface area contributed by atoms with E-state index in [4.69, 9.17) is 23.2 Å². The van der Waals surface area contributed by atoms with Crippen LogP contribution in [-0.2, 0) is 13.1 Å². The molecule has 11 nitrogen and oxygen atoms in total. The van der Waals surface area contributed by atoms with Crippen molar-refractivity contribution in [2.45, 2.75) is 127 Å². The fourth-order valence-electron chi connectivity index (χ4n) is 10.1. The lowest BCUT2D eigenvalue weighted by Gasteiger charge is -2.40. The predicted octanol–water partition coefficient (Wildman–Crippen LogP) is 11.6. The fraction of sp³-hybridized carbons (Fsp3) is 0.476. The van der Waals surface area contributed by atoms with Gasteiger partial charge in [-0.1, -0.05) is 48.8 Å². The lowest BCUT2D eigenvalue weighted by molar-refractivity contribution is -0.0499. The maximum absolute atomic E-state index is 13.4. The summed E-state index contributed by atoms with van der Waals surface area (Å²) in [5, 5.41) is 9.56. The van der Waals surface area contributed by atoms with E-state index in [9.17, 15) is 26.3 Å². The summed E-state index contributed by atoms with van der Waals surface area (Å²) >= 11 is 12.3. The van der Waals surface area contributed by atoms with Gasteiger partial charge in [-0.05, 0) is 98.9 Å². The van der Waals surface area contributed by atoms with Gasteiger partial charge in [0.05, 0.1) is 21.4 Å². The van der Waals surface area contributed by atoms with Gasteiger partial charge in [0.2, 0.25) is 0 Å². The maximum atomic E-state index is 13.4. The maximum Gasteiger partial charge on any atom is 0.387 e. The van der Waals surface area contributed by atoms with Gasteiger partial charge in [-0.2, -0.15) is 110 Å². The SMILES string of the molecule is C.Cl.FC(F)Oc1cccc(CN2[C@H]3CC[C@H](c4cc(C(F)F)nc5ncnn45)[C@@H]2CC3)c1.FC(F)c1cc([C@H]2CC[C@H]3CC[C@@H]2N3Cc2ccc(Cl)c(Cl)c2)n2ncnc2n1.S.S.S.S.S.S. The summed E-state index contributed by atoms with van der Waals surface area (Å²) in [7, 11) is 0. The number of ether oxygens (including phenoxy) is 1. The van der Waals surface area contributed by atoms with Crippen LogP contribution < -0.4 is 4.74 Å². The number of benzene rings is 2. The van der Waals surface area contributed by atoms with Crippen LogP contribution in [0, 0.1) is 0 Å². The van der Waals surface area contributed by atoms with E-state index in [1.165, 1.54) is 30.9 Å². The highest BCUT2D eigenvalue weighted by atomic mass is 35.5. The van der Waals surface area contributed by atoms with Gasteiger partial charge in [-0.15, -0.1) is 12.4 Å². The van der Waals surface area contributed by atoms with Crippen molar-refractivity contribution >= 4 is 128 Å². The molecule has 0 amide bonds.